The van der Waals surface area contributed by atoms with E-state index in [0.29, 0.717) is 12.6 Å². The minimum Gasteiger partial charge on any atom is -0.445 e. The Balaban J connectivity index is 1.37. The first kappa shape index (κ1) is 16.3. The van der Waals surface area contributed by atoms with E-state index in [9.17, 15) is 9.90 Å². The van der Waals surface area contributed by atoms with Crippen LogP contribution in [0, 0.1) is 0 Å². The molecule has 126 valence electrons. The number of benzene rings is 1. The van der Waals surface area contributed by atoms with Gasteiger partial charge in [0, 0.05) is 25.2 Å². The van der Waals surface area contributed by atoms with Gasteiger partial charge in [0.2, 0.25) is 0 Å². The van der Waals surface area contributed by atoms with Crippen LogP contribution in [0.3, 0.4) is 0 Å². The Bertz CT molecular complexity index is 500. The second-order valence-electron chi connectivity index (χ2n) is 6.58. The highest BCUT2D eigenvalue weighted by Gasteiger charge is 2.33. The van der Waals surface area contributed by atoms with Crippen molar-refractivity contribution >= 4 is 6.09 Å². The van der Waals surface area contributed by atoms with E-state index in [1.807, 2.05) is 30.3 Å². The number of carbonyl (C=O) groups excluding carboxylic acids is 1. The number of piperidine rings is 1. The summed E-state index contributed by atoms with van der Waals surface area (Å²) < 4.78 is 5.27. The molecule has 2 atom stereocenters. The number of ether oxygens (including phenoxy) is 1. The number of hydrogen-bond acceptors (Lipinski definition) is 4. The molecule has 23 heavy (non-hydrogen) atoms. The van der Waals surface area contributed by atoms with Crippen molar-refractivity contribution in [3.63, 3.8) is 0 Å². The Morgan fingerprint density at radius 2 is 1.91 bits per heavy atom. The molecule has 1 amide bonds. The summed E-state index contributed by atoms with van der Waals surface area (Å²) in [5, 5.41) is 13.0. The third kappa shape index (κ3) is 4.45. The lowest BCUT2D eigenvalue weighted by Crippen LogP contribution is -2.50. The Hall–Kier alpha value is -1.59. The molecule has 1 heterocycles. The van der Waals surface area contributed by atoms with Gasteiger partial charge in [0.1, 0.15) is 6.61 Å². The summed E-state index contributed by atoms with van der Waals surface area (Å²) in [6, 6.07) is 10.2. The van der Waals surface area contributed by atoms with Crippen LogP contribution < -0.4 is 5.32 Å². The van der Waals surface area contributed by atoms with Crippen LogP contribution in [-0.4, -0.2) is 47.4 Å². The zero-order valence-corrected chi connectivity index (χ0v) is 13.5. The Kier molecular flexibility index (Phi) is 5.51. The molecule has 1 saturated carbocycles. The normalized spacial score (nSPS) is 26.1. The number of hydrogen-bond donors (Lipinski definition) is 2. The second kappa shape index (κ2) is 7.79. The number of likely N-dealkylation sites (tertiary alicyclic amines) is 1. The van der Waals surface area contributed by atoms with Gasteiger partial charge in [-0.25, -0.2) is 4.79 Å². The number of rotatable bonds is 4. The SMILES string of the molecule is O=C(NC1CCN(C2CCCC2O)CC1)OCc1ccccc1. The van der Waals surface area contributed by atoms with E-state index >= 15 is 0 Å². The number of alkyl carbamates (subject to hydrolysis) is 1. The number of amides is 1. The van der Waals surface area contributed by atoms with Crippen molar-refractivity contribution in [2.24, 2.45) is 0 Å². The maximum Gasteiger partial charge on any atom is 0.407 e. The van der Waals surface area contributed by atoms with Crippen LogP contribution in [0.1, 0.15) is 37.7 Å². The van der Waals surface area contributed by atoms with Gasteiger partial charge >= 0.3 is 6.09 Å². The topological polar surface area (TPSA) is 61.8 Å². The smallest absolute Gasteiger partial charge is 0.407 e. The maximum absolute atomic E-state index is 11.9. The van der Waals surface area contributed by atoms with Crippen molar-refractivity contribution in [1.82, 2.24) is 10.2 Å². The van der Waals surface area contributed by atoms with Crippen molar-refractivity contribution in [3.8, 4) is 0 Å². The summed E-state index contributed by atoms with van der Waals surface area (Å²) in [7, 11) is 0. The highest BCUT2D eigenvalue weighted by Crippen LogP contribution is 2.26. The van der Waals surface area contributed by atoms with Gasteiger partial charge in [0.15, 0.2) is 0 Å². The lowest BCUT2D eigenvalue weighted by atomic mass is 10.0. The Labute approximate surface area is 137 Å². The van der Waals surface area contributed by atoms with E-state index in [1.165, 1.54) is 0 Å². The fraction of sp³-hybridized carbons (Fsp3) is 0.611. The standard InChI is InChI=1S/C18H26N2O3/c21-17-8-4-7-16(17)20-11-9-15(10-12-20)19-18(22)23-13-14-5-2-1-3-6-14/h1-3,5-6,15-17,21H,4,7-13H2,(H,19,22). The van der Waals surface area contributed by atoms with Gasteiger partial charge in [-0.1, -0.05) is 30.3 Å². The molecule has 2 fully saturated rings. The Morgan fingerprint density at radius 3 is 2.57 bits per heavy atom. The molecule has 2 aliphatic rings. The third-order valence-electron chi connectivity index (χ3n) is 4.98. The predicted molar refractivity (Wildman–Crippen MR) is 88.0 cm³/mol. The molecule has 0 spiro atoms. The molecule has 2 unspecified atom stereocenters. The van der Waals surface area contributed by atoms with E-state index in [0.717, 1.165) is 50.8 Å². The lowest BCUT2D eigenvalue weighted by molar-refractivity contribution is 0.0514. The summed E-state index contributed by atoms with van der Waals surface area (Å²) in [5.41, 5.74) is 0.993. The zero-order chi connectivity index (χ0) is 16.1. The van der Waals surface area contributed by atoms with Gasteiger partial charge in [0.05, 0.1) is 6.10 Å². The average molecular weight is 318 g/mol. The van der Waals surface area contributed by atoms with Crippen molar-refractivity contribution in [2.75, 3.05) is 13.1 Å². The fourth-order valence-corrected chi connectivity index (χ4v) is 3.65. The van der Waals surface area contributed by atoms with Gasteiger partial charge in [-0.05, 0) is 37.7 Å². The Morgan fingerprint density at radius 1 is 1.17 bits per heavy atom. The molecular weight excluding hydrogens is 292 g/mol. The summed E-state index contributed by atoms with van der Waals surface area (Å²) in [5.74, 6) is 0. The van der Waals surface area contributed by atoms with Crippen molar-refractivity contribution in [3.05, 3.63) is 35.9 Å². The molecule has 5 heteroatoms. The zero-order valence-electron chi connectivity index (χ0n) is 13.5. The molecule has 0 radical (unpaired) electrons. The monoisotopic (exact) mass is 318 g/mol. The van der Waals surface area contributed by atoms with E-state index in [-0.39, 0.29) is 18.2 Å². The summed E-state index contributed by atoms with van der Waals surface area (Å²) in [6.07, 6.45) is 4.47. The molecule has 1 saturated heterocycles. The summed E-state index contributed by atoms with van der Waals surface area (Å²) in [6.45, 7) is 2.18. The molecule has 3 rings (SSSR count). The maximum atomic E-state index is 11.9. The molecule has 2 N–H and O–H groups in total. The number of aliphatic hydroxyl groups excluding tert-OH is 1. The van der Waals surface area contributed by atoms with Gasteiger partial charge < -0.3 is 15.2 Å². The minimum absolute atomic E-state index is 0.171. The van der Waals surface area contributed by atoms with Crippen LogP contribution in [0.5, 0.6) is 0 Å². The molecule has 1 aliphatic heterocycles. The highest BCUT2D eigenvalue weighted by molar-refractivity contribution is 5.67. The van der Waals surface area contributed by atoms with Crippen LogP contribution >= 0.6 is 0 Å². The van der Waals surface area contributed by atoms with E-state index in [1.54, 1.807) is 0 Å². The first-order chi connectivity index (χ1) is 11.2. The van der Waals surface area contributed by atoms with Crippen LogP contribution in [-0.2, 0) is 11.3 Å². The van der Waals surface area contributed by atoms with Gasteiger partial charge in [0.25, 0.3) is 0 Å². The van der Waals surface area contributed by atoms with Crippen molar-refractivity contribution in [1.29, 1.82) is 0 Å². The van der Waals surface area contributed by atoms with Gasteiger partial charge in [-0.3, -0.25) is 4.90 Å². The van der Waals surface area contributed by atoms with Crippen molar-refractivity contribution in [2.45, 2.75) is 56.9 Å². The van der Waals surface area contributed by atoms with Gasteiger partial charge in [-0.15, -0.1) is 0 Å². The van der Waals surface area contributed by atoms with Gasteiger partial charge in [-0.2, -0.15) is 0 Å². The number of nitrogens with zero attached hydrogens (tertiary/aromatic N) is 1. The fourth-order valence-electron chi connectivity index (χ4n) is 3.65. The second-order valence-corrected chi connectivity index (χ2v) is 6.58. The predicted octanol–water partition coefficient (Wildman–Crippen LogP) is 2.29. The van der Waals surface area contributed by atoms with Crippen LogP contribution in [0.2, 0.25) is 0 Å². The molecule has 1 aromatic carbocycles. The first-order valence-corrected chi connectivity index (χ1v) is 8.62. The largest absolute Gasteiger partial charge is 0.445 e. The van der Waals surface area contributed by atoms with Crippen LogP contribution in [0.15, 0.2) is 30.3 Å². The molecular formula is C18H26N2O3. The van der Waals surface area contributed by atoms with E-state index < -0.39 is 0 Å². The van der Waals surface area contributed by atoms with Crippen molar-refractivity contribution < 1.29 is 14.6 Å². The van der Waals surface area contributed by atoms with E-state index in [4.69, 9.17) is 4.74 Å². The number of carbonyl (C=O) groups is 1. The molecule has 1 aromatic rings. The highest BCUT2D eigenvalue weighted by atomic mass is 16.5. The molecule has 0 aromatic heterocycles. The summed E-state index contributed by atoms with van der Waals surface area (Å²) in [4.78, 5) is 14.3. The van der Waals surface area contributed by atoms with Crippen LogP contribution in [0.4, 0.5) is 4.79 Å². The van der Waals surface area contributed by atoms with Crippen LogP contribution in [0.25, 0.3) is 0 Å². The molecule has 1 aliphatic carbocycles. The minimum atomic E-state index is -0.340. The number of nitrogens with one attached hydrogen (secondary N) is 1. The summed E-state index contributed by atoms with van der Waals surface area (Å²) >= 11 is 0. The first-order valence-electron chi connectivity index (χ1n) is 8.62. The molecule has 0 bridgehead atoms. The van der Waals surface area contributed by atoms with E-state index in [2.05, 4.69) is 10.2 Å². The quantitative estimate of drug-likeness (QED) is 0.894. The average Bonchev–Trinajstić information content (AvgIpc) is 3.01. The lowest BCUT2D eigenvalue weighted by Gasteiger charge is -2.37. The molecule has 5 nitrogen and oxygen atoms in total. The number of aliphatic hydroxyl groups is 1. The third-order valence-corrected chi connectivity index (χ3v) is 4.98.